The molecule has 20 heavy (non-hydrogen) atoms. The van der Waals surface area contributed by atoms with Crippen LogP contribution in [-0.4, -0.2) is 42.5 Å². The second-order valence-electron chi connectivity index (χ2n) is 3.56. The summed E-state index contributed by atoms with van der Waals surface area (Å²) in [6.45, 7) is 8.96. The summed E-state index contributed by atoms with van der Waals surface area (Å²) in [6, 6.07) is 0. The van der Waals surface area contributed by atoms with Crippen LogP contribution in [0.3, 0.4) is 0 Å². The first-order chi connectivity index (χ1) is 9.28. The van der Waals surface area contributed by atoms with Crippen LogP contribution in [0.4, 0.5) is 0 Å². The fraction of sp³-hybridized carbons (Fsp3) is 0.833. The second-order valence-corrected chi connectivity index (χ2v) is 5.78. The maximum absolute atomic E-state index is 12.0. The Labute approximate surface area is 120 Å². The van der Waals surface area contributed by atoms with Gasteiger partial charge in [-0.15, -0.1) is 0 Å². The lowest BCUT2D eigenvalue weighted by Gasteiger charge is -2.21. The molecule has 0 bridgehead atoms. The van der Waals surface area contributed by atoms with Crippen LogP contribution >= 0.6 is 7.60 Å². The van der Waals surface area contributed by atoms with Gasteiger partial charge in [0.15, 0.2) is 5.66 Å². The molecule has 0 fully saturated rings. The first-order valence-electron chi connectivity index (χ1n) is 6.53. The zero-order valence-electron chi connectivity index (χ0n) is 12.7. The van der Waals surface area contributed by atoms with E-state index >= 15 is 0 Å². The molecule has 120 valence electrons. The van der Waals surface area contributed by atoms with Gasteiger partial charge in [0, 0.05) is 6.92 Å². The topological polar surface area (TPSA) is 99.1 Å². The van der Waals surface area contributed by atoms with E-state index in [1.54, 1.807) is 27.7 Å². The quantitative estimate of drug-likeness (QED) is 0.543. The van der Waals surface area contributed by atoms with Gasteiger partial charge in [-0.25, -0.2) is 0 Å². The summed E-state index contributed by atoms with van der Waals surface area (Å²) in [6.07, 6.45) is 0.229. The molecule has 1 atom stereocenters. The predicted octanol–water partition coefficient (Wildman–Crippen LogP) is 2.69. The van der Waals surface area contributed by atoms with Crippen LogP contribution in [0, 0.1) is 0 Å². The van der Waals surface area contributed by atoms with Gasteiger partial charge in [0.05, 0.1) is 19.8 Å². The molecule has 1 N–H and O–H groups in total. The Morgan fingerprint density at radius 1 is 1.05 bits per heavy atom. The molecule has 0 saturated carbocycles. The Morgan fingerprint density at radius 3 is 1.65 bits per heavy atom. The summed E-state index contributed by atoms with van der Waals surface area (Å²) in [4.78, 5) is 20.6. The molecule has 0 aliphatic carbocycles. The van der Waals surface area contributed by atoms with Gasteiger partial charge < -0.3 is 18.9 Å². The number of hydrogen-bond donors (Lipinski definition) is 1. The van der Waals surface area contributed by atoms with Gasteiger partial charge in [0.25, 0.3) is 0 Å². The smallest absolute Gasteiger partial charge is 0.344 e. The van der Waals surface area contributed by atoms with Gasteiger partial charge in [-0.3, -0.25) is 14.2 Å². The van der Waals surface area contributed by atoms with E-state index < -0.39 is 19.2 Å². The Morgan fingerprint density at radius 2 is 1.50 bits per heavy atom. The lowest BCUT2D eigenvalue weighted by molar-refractivity contribution is -0.140. The van der Waals surface area contributed by atoms with Crippen molar-refractivity contribution < 1.29 is 33.0 Å². The number of carbonyl (C=O) groups is 2. The summed E-state index contributed by atoms with van der Waals surface area (Å²) in [7, 11) is -3.49. The van der Waals surface area contributed by atoms with E-state index in [9.17, 15) is 14.2 Å². The summed E-state index contributed by atoms with van der Waals surface area (Å²) in [5.41, 5.74) is -1.07. The fourth-order valence-electron chi connectivity index (χ4n) is 1.31. The van der Waals surface area contributed by atoms with Gasteiger partial charge in [-0.05, 0) is 27.2 Å². The molecule has 0 spiro atoms. The van der Waals surface area contributed by atoms with E-state index in [1.165, 1.54) is 6.92 Å². The molecule has 0 rings (SSSR count). The van der Waals surface area contributed by atoms with Gasteiger partial charge in [0.1, 0.15) is 0 Å². The molecule has 0 aromatic rings. The van der Waals surface area contributed by atoms with Crippen LogP contribution in [-0.2, 0) is 27.9 Å². The summed E-state index contributed by atoms with van der Waals surface area (Å²) >= 11 is 0. The fourth-order valence-corrected chi connectivity index (χ4v) is 3.19. The Bertz CT molecular complexity index is 320. The minimum Gasteiger partial charge on any atom is -0.481 e. The number of aliphatic carboxylic acids is 1. The average Bonchev–Trinajstić information content (AvgIpc) is 2.30. The summed E-state index contributed by atoms with van der Waals surface area (Å²) in [5.74, 6) is -1.35. The van der Waals surface area contributed by atoms with Crippen molar-refractivity contribution in [2.45, 2.75) is 46.7 Å². The molecule has 0 heterocycles. The number of hydrogen-bond acceptors (Lipinski definition) is 6. The van der Waals surface area contributed by atoms with Crippen molar-refractivity contribution in [2.75, 3.05) is 19.8 Å². The SMILES string of the molecule is CCOC(C)=O.CCOP(=O)(OCC)C(CC)C(=O)O. The molecule has 0 aliphatic heterocycles. The van der Waals surface area contributed by atoms with Crippen LogP contribution < -0.4 is 0 Å². The van der Waals surface area contributed by atoms with Crippen molar-refractivity contribution in [3.05, 3.63) is 0 Å². The standard InChI is InChI=1S/C8H17O5P.C4H8O2/c1-4-7(8(9)10)14(11,12-5-2)13-6-3;1-3-6-4(2)5/h7H,4-6H2,1-3H3,(H,9,10);3H2,1-2H3. The van der Waals surface area contributed by atoms with Crippen molar-refractivity contribution in [1.82, 2.24) is 0 Å². The number of carbonyl (C=O) groups excluding carboxylic acids is 1. The van der Waals surface area contributed by atoms with Gasteiger partial charge in [-0.1, -0.05) is 6.92 Å². The molecule has 0 aliphatic rings. The highest BCUT2D eigenvalue weighted by Gasteiger charge is 2.39. The third-order valence-electron chi connectivity index (χ3n) is 2.02. The molecule has 0 saturated heterocycles. The van der Waals surface area contributed by atoms with E-state index in [-0.39, 0.29) is 25.6 Å². The number of carboxylic acids is 1. The first kappa shape index (κ1) is 21.4. The highest BCUT2D eigenvalue weighted by molar-refractivity contribution is 7.55. The molecule has 1 unspecified atom stereocenters. The molecular weight excluding hydrogens is 287 g/mol. The first-order valence-corrected chi connectivity index (χ1v) is 8.15. The third-order valence-corrected chi connectivity index (χ3v) is 4.60. The van der Waals surface area contributed by atoms with E-state index in [0.717, 1.165) is 0 Å². The molecule has 0 radical (unpaired) electrons. The van der Waals surface area contributed by atoms with Crippen molar-refractivity contribution >= 4 is 19.5 Å². The van der Waals surface area contributed by atoms with Crippen molar-refractivity contribution in [3.63, 3.8) is 0 Å². The minimum atomic E-state index is -3.49. The Kier molecular flexibility index (Phi) is 12.7. The maximum atomic E-state index is 12.0. The summed E-state index contributed by atoms with van der Waals surface area (Å²) < 4.78 is 26.2. The van der Waals surface area contributed by atoms with Crippen LogP contribution in [0.2, 0.25) is 0 Å². The lowest BCUT2D eigenvalue weighted by Crippen LogP contribution is -2.22. The van der Waals surface area contributed by atoms with Crippen molar-refractivity contribution in [2.24, 2.45) is 0 Å². The number of esters is 1. The maximum Gasteiger partial charge on any atom is 0.344 e. The molecular formula is C12H25O7P. The normalized spacial score (nSPS) is 12.1. The van der Waals surface area contributed by atoms with E-state index in [4.69, 9.17) is 14.2 Å². The van der Waals surface area contributed by atoms with Crippen LogP contribution in [0.15, 0.2) is 0 Å². The second kappa shape index (κ2) is 11.9. The number of carboxylic acid groups (broad SMARTS) is 1. The van der Waals surface area contributed by atoms with Crippen molar-refractivity contribution in [1.29, 1.82) is 0 Å². The minimum absolute atomic E-state index is 0.182. The zero-order valence-corrected chi connectivity index (χ0v) is 13.6. The molecule has 0 amide bonds. The lowest BCUT2D eigenvalue weighted by atomic mass is 10.3. The van der Waals surface area contributed by atoms with E-state index in [1.807, 2.05) is 0 Å². The largest absolute Gasteiger partial charge is 0.481 e. The van der Waals surface area contributed by atoms with E-state index in [0.29, 0.717) is 6.61 Å². The highest BCUT2D eigenvalue weighted by Crippen LogP contribution is 2.54. The monoisotopic (exact) mass is 312 g/mol. The highest BCUT2D eigenvalue weighted by atomic mass is 31.2. The van der Waals surface area contributed by atoms with Gasteiger partial charge in [-0.2, -0.15) is 0 Å². The molecule has 7 nitrogen and oxygen atoms in total. The molecule has 0 aromatic heterocycles. The number of ether oxygens (including phenoxy) is 1. The Hall–Kier alpha value is -0.910. The van der Waals surface area contributed by atoms with Gasteiger partial charge >= 0.3 is 19.5 Å². The van der Waals surface area contributed by atoms with Crippen LogP contribution in [0.1, 0.15) is 41.0 Å². The van der Waals surface area contributed by atoms with Crippen LogP contribution in [0.5, 0.6) is 0 Å². The van der Waals surface area contributed by atoms with Gasteiger partial charge in [0.2, 0.25) is 0 Å². The zero-order chi connectivity index (χ0) is 16.2. The predicted molar refractivity (Wildman–Crippen MR) is 74.9 cm³/mol. The summed E-state index contributed by atoms with van der Waals surface area (Å²) in [5, 5.41) is 8.83. The molecule has 8 heteroatoms. The third kappa shape index (κ3) is 9.07. The van der Waals surface area contributed by atoms with Crippen molar-refractivity contribution in [3.8, 4) is 0 Å². The Balaban J connectivity index is 0. The number of rotatable bonds is 8. The molecule has 0 aromatic carbocycles. The average molecular weight is 312 g/mol. The van der Waals surface area contributed by atoms with Crippen LogP contribution in [0.25, 0.3) is 0 Å². The van der Waals surface area contributed by atoms with E-state index in [2.05, 4.69) is 4.74 Å².